The molecular formula is C35H43N3O8. The molecule has 1 aliphatic rings. The van der Waals surface area contributed by atoms with E-state index in [1.165, 1.54) is 6.92 Å². The van der Waals surface area contributed by atoms with Gasteiger partial charge in [-0.1, -0.05) is 18.2 Å². The average molecular weight is 634 g/mol. The molecular weight excluding hydrogens is 590 g/mol. The van der Waals surface area contributed by atoms with Crippen LogP contribution < -0.4 is 10.1 Å². The number of aromatic amines is 1. The van der Waals surface area contributed by atoms with Crippen LogP contribution in [-0.4, -0.2) is 86.1 Å². The number of aliphatic hydroxyl groups excluding tert-OH is 1. The van der Waals surface area contributed by atoms with Crippen LogP contribution >= 0.6 is 0 Å². The summed E-state index contributed by atoms with van der Waals surface area (Å²) in [5.41, 5.74) is 3.78. The van der Waals surface area contributed by atoms with Gasteiger partial charge >= 0.3 is 0 Å². The minimum atomic E-state index is -0.712. The van der Waals surface area contributed by atoms with Gasteiger partial charge in [-0.2, -0.15) is 0 Å². The summed E-state index contributed by atoms with van der Waals surface area (Å²) in [5, 5.41) is 13.9. The second-order valence-electron chi connectivity index (χ2n) is 11.1. The smallest absolute Gasteiger partial charge is 0.286 e. The average Bonchev–Trinajstić information content (AvgIpc) is 3.66. The number of nitrogens with zero attached hydrogens (tertiary/aromatic N) is 1. The Kier molecular flexibility index (Phi) is 11.5. The number of benzene rings is 2. The van der Waals surface area contributed by atoms with Gasteiger partial charge in [-0.3, -0.25) is 14.2 Å². The van der Waals surface area contributed by atoms with Crippen molar-refractivity contribution in [3.05, 3.63) is 77.8 Å². The second-order valence-corrected chi connectivity index (χ2v) is 11.1. The topological polar surface area (TPSA) is 133 Å². The van der Waals surface area contributed by atoms with Crippen LogP contribution in [0.2, 0.25) is 0 Å². The van der Waals surface area contributed by atoms with Gasteiger partial charge < -0.3 is 39.1 Å². The molecule has 5 rings (SSSR count). The molecule has 2 aromatic carbocycles. The normalized spacial score (nSPS) is 18.0. The van der Waals surface area contributed by atoms with E-state index < -0.39 is 6.29 Å². The first-order valence-electron chi connectivity index (χ1n) is 15.7. The lowest BCUT2D eigenvalue weighted by Crippen LogP contribution is -2.39. The summed E-state index contributed by atoms with van der Waals surface area (Å²) in [6.45, 7) is 5.60. The summed E-state index contributed by atoms with van der Waals surface area (Å²) in [4.78, 5) is 29.5. The van der Waals surface area contributed by atoms with Crippen molar-refractivity contribution in [2.24, 2.45) is 5.92 Å². The van der Waals surface area contributed by atoms with Crippen LogP contribution in [0.4, 0.5) is 0 Å². The highest BCUT2D eigenvalue weighted by Gasteiger charge is 2.39. The van der Waals surface area contributed by atoms with Gasteiger partial charge in [-0.25, -0.2) is 0 Å². The molecule has 1 aliphatic heterocycles. The first kappa shape index (κ1) is 33.2. The molecule has 0 unspecified atom stereocenters. The maximum absolute atomic E-state index is 13.6. The molecule has 0 fully saturated rings. The number of aliphatic hydroxyl groups is 1. The van der Waals surface area contributed by atoms with Crippen LogP contribution in [0.3, 0.4) is 0 Å². The Morgan fingerprint density at radius 3 is 2.63 bits per heavy atom. The van der Waals surface area contributed by atoms with Crippen molar-refractivity contribution in [1.82, 2.24) is 14.9 Å². The van der Waals surface area contributed by atoms with Crippen molar-refractivity contribution < 1.29 is 38.4 Å². The third-order valence-electron chi connectivity index (χ3n) is 8.24. The molecule has 1 amide bonds. The lowest BCUT2D eigenvalue weighted by molar-refractivity contribution is -0.168. The summed E-state index contributed by atoms with van der Waals surface area (Å²) in [7, 11) is 1.64. The summed E-state index contributed by atoms with van der Waals surface area (Å²) in [5.74, 6) is 0.00771. The van der Waals surface area contributed by atoms with E-state index in [-0.39, 0.29) is 42.6 Å². The van der Waals surface area contributed by atoms with E-state index in [1.807, 2.05) is 67.9 Å². The van der Waals surface area contributed by atoms with Crippen molar-refractivity contribution in [1.29, 1.82) is 0 Å². The second kappa shape index (κ2) is 15.9. The van der Waals surface area contributed by atoms with Crippen LogP contribution in [0.15, 0.2) is 66.7 Å². The fraction of sp³-hybridized carbons (Fsp3) is 0.429. The number of nitrogens with one attached hydrogen (secondary N) is 2. The van der Waals surface area contributed by atoms with Gasteiger partial charge in [-0.15, -0.1) is 0 Å². The monoisotopic (exact) mass is 633 g/mol. The third-order valence-corrected chi connectivity index (χ3v) is 8.24. The van der Waals surface area contributed by atoms with Gasteiger partial charge in [0.2, 0.25) is 12.2 Å². The maximum Gasteiger partial charge on any atom is 0.286 e. The van der Waals surface area contributed by atoms with Crippen molar-refractivity contribution in [2.45, 2.75) is 38.9 Å². The zero-order valence-electron chi connectivity index (χ0n) is 26.6. The van der Waals surface area contributed by atoms with Gasteiger partial charge in [0.1, 0.15) is 5.75 Å². The number of H-pyrrole nitrogens is 1. The van der Waals surface area contributed by atoms with E-state index in [9.17, 15) is 9.59 Å². The van der Waals surface area contributed by atoms with Gasteiger partial charge in [0.25, 0.3) is 5.91 Å². The predicted molar refractivity (Wildman–Crippen MR) is 174 cm³/mol. The molecule has 11 nitrogen and oxygen atoms in total. The lowest BCUT2D eigenvalue weighted by atomic mass is 9.81. The number of hydrogen-bond donors (Lipinski definition) is 3. The van der Waals surface area contributed by atoms with Gasteiger partial charge in [0.05, 0.1) is 39.1 Å². The quantitative estimate of drug-likeness (QED) is 0.153. The largest absolute Gasteiger partial charge is 0.497 e. The summed E-state index contributed by atoms with van der Waals surface area (Å²) in [6.07, 6.45) is 6.13. The number of allylic oxidation sites excluding steroid dienone is 1. The lowest BCUT2D eigenvalue weighted by Gasteiger charge is -2.36. The standard InChI is InChI=1S/C35H43N3O8/c1-4-45-35-27(12-15-43-17-18-44-16-14-39)29(30-22-38(23(2)40)32-8-6-5-7-26(30)32)20-33(46-35)34(41)36-13-11-24-21-37-31-10-9-25(42-3)19-28(24)31/h5-10,19-22,27,29,35,37,39H,4,11-18H2,1-3H3,(H,36,41)/t27-,29-,35+/m0/s1. The predicted octanol–water partition coefficient (Wildman–Crippen LogP) is 4.54. The highest BCUT2D eigenvalue weighted by Crippen LogP contribution is 2.42. The van der Waals surface area contributed by atoms with Crippen LogP contribution in [0.1, 0.15) is 42.1 Å². The minimum absolute atomic E-state index is 0.0362. The fourth-order valence-electron chi connectivity index (χ4n) is 6.02. The highest BCUT2D eigenvalue weighted by molar-refractivity contribution is 5.95. The Morgan fingerprint density at radius 1 is 1.07 bits per heavy atom. The van der Waals surface area contributed by atoms with Crippen molar-refractivity contribution in [3.8, 4) is 5.75 Å². The molecule has 2 aromatic heterocycles. The third kappa shape index (κ3) is 7.61. The number of rotatable bonds is 16. The molecule has 3 heterocycles. The Bertz CT molecular complexity index is 1660. The zero-order chi connectivity index (χ0) is 32.5. The van der Waals surface area contributed by atoms with E-state index in [2.05, 4.69) is 10.3 Å². The number of methoxy groups -OCH3 is 1. The highest BCUT2D eigenvalue weighted by atomic mass is 16.7. The van der Waals surface area contributed by atoms with Crippen LogP contribution in [0.5, 0.6) is 5.75 Å². The zero-order valence-corrected chi connectivity index (χ0v) is 26.6. The molecule has 3 N–H and O–H groups in total. The van der Waals surface area contributed by atoms with E-state index in [4.69, 9.17) is 28.8 Å². The van der Waals surface area contributed by atoms with Crippen LogP contribution in [0, 0.1) is 5.92 Å². The first-order valence-corrected chi connectivity index (χ1v) is 15.7. The summed E-state index contributed by atoms with van der Waals surface area (Å²) in [6, 6.07) is 13.6. The van der Waals surface area contributed by atoms with Crippen LogP contribution in [0.25, 0.3) is 21.8 Å². The summed E-state index contributed by atoms with van der Waals surface area (Å²) >= 11 is 0. The molecule has 3 atom stereocenters. The molecule has 246 valence electrons. The number of fused-ring (bicyclic) bond motifs is 2. The molecule has 0 bridgehead atoms. The Labute approximate surface area is 268 Å². The fourth-order valence-corrected chi connectivity index (χ4v) is 6.02. The Hall–Kier alpha value is -4.16. The van der Waals surface area contributed by atoms with E-state index in [1.54, 1.807) is 11.7 Å². The van der Waals surface area contributed by atoms with E-state index in [0.717, 1.165) is 38.7 Å². The summed E-state index contributed by atoms with van der Waals surface area (Å²) < 4.78 is 30.5. The molecule has 0 saturated heterocycles. The number of carbonyl (C=O) groups excluding carboxylic acids is 2. The number of ether oxygens (including phenoxy) is 5. The van der Waals surface area contributed by atoms with E-state index in [0.29, 0.717) is 45.8 Å². The SMILES string of the molecule is CCO[C@@H]1OC(C(=O)NCCc2c[nH]c3ccc(OC)cc23)=C[C@H](c2cn(C(C)=O)c3ccccc23)[C@@H]1CCOCCOCCO. The molecule has 46 heavy (non-hydrogen) atoms. The number of amides is 1. The Morgan fingerprint density at radius 2 is 1.87 bits per heavy atom. The Balaban J connectivity index is 1.38. The van der Waals surface area contributed by atoms with Crippen molar-refractivity contribution in [2.75, 3.05) is 53.3 Å². The van der Waals surface area contributed by atoms with Crippen molar-refractivity contribution in [3.63, 3.8) is 0 Å². The molecule has 0 saturated carbocycles. The number of para-hydroxylation sites is 1. The number of aromatic nitrogens is 2. The van der Waals surface area contributed by atoms with Gasteiger partial charge in [0, 0.05) is 67.2 Å². The number of hydrogen-bond acceptors (Lipinski definition) is 8. The van der Waals surface area contributed by atoms with Crippen molar-refractivity contribution >= 4 is 33.6 Å². The molecule has 0 radical (unpaired) electrons. The first-order chi connectivity index (χ1) is 22.4. The van der Waals surface area contributed by atoms with Crippen LogP contribution in [-0.2, 0) is 30.2 Å². The molecule has 0 aliphatic carbocycles. The van der Waals surface area contributed by atoms with Gasteiger partial charge in [-0.05, 0) is 61.2 Å². The number of carbonyl (C=O) groups is 2. The molecule has 0 spiro atoms. The maximum atomic E-state index is 13.6. The molecule has 4 aromatic rings. The van der Waals surface area contributed by atoms with E-state index >= 15 is 0 Å². The minimum Gasteiger partial charge on any atom is -0.497 e. The van der Waals surface area contributed by atoms with Gasteiger partial charge in [0.15, 0.2) is 5.76 Å². The molecule has 11 heteroatoms.